The monoisotopic (exact) mass is 582 g/mol. The van der Waals surface area contributed by atoms with Gasteiger partial charge in [-0.25, -0.2) is 9.18 Å². The second-order valence-corrected chi connectivity index (χ2v) is 9.20. The highest BCUT2D eigenvalue weighted by atomic mass is 79.9. The lowest BCUT2D eigenvalue weighted by Crippen LogP contribution is -2.31. The van der Waals surface area contributed by atoms with Gasteiger partial charge in [-0.15, -0.1) is 10.2 Å². The summed E-state index contributed by atoms with van der Waals surface area (Å²) in [6, 6.07) is 10.9. The third kappa shape index (κ3) is 6.49. The summed E-state index contributed by atoms with van der Waals surface area (Å²) in [5.74, 6) is 0.147. The second-order valence-electron chi connectivity index (χ2n) is 8.35. The van der Waals surface area contributed by atoms with Crippen LogP contribution in [0.3, 0.4) is 0 Å². The average Bonchev–Trinajstić information content (AvgIpc) is 3.35. The SMILES string of the molecule is CN(C)CCn1cnnc1-c1cc(Oc2ccc(N(/N=C/c3ccc(O)c(Br)c3)C(N)=O)cc2F)ccn1. The summed E-state index contributed by atoms with van der Waals surface area (Å²) >= 11 is 3.21. The molecule has 2 heterocycles. The van der Waals surface area contributed by atoms with E-state index in [1.54, 1.807) is 30.6 Å². The molecule has 2 aromatic heterocycles. The summed E-state index contributed by atoms with van der Waals surface area (Å²) in [6.07, 6.45) is 4.51. The van der Waals surface area contributed by atoms with Crippen molar-refractivity contribution < 1.29 is 19.0 Å². The largest absolute Gasteiger partial charge is 0.507 e. The fraction of sp³-hybridized carbons (Fsp3) is 0.160. The Kier molecular flexibility index (Phi) is 8.28. The number of phenols is 1. The van der Waals surface area contributed by atoms with Gasteiger partial charge in [-0.05, 0) is 72.0 Å². The number of aromatic hydroxyl groups is 1. The number of urea groups is 1. The number of hydrazone groups is 1. The summed E-state index contributed by atoms with van der Waals surface area (Å²) in [4.78, 5) is 18.4. The zero-order chi connectivity index (χ0) is 27.2. The van der Waals surface area contributed by atoms with Crippen LogP contribution in [0.4, 0.5) is 14.9 Å². The van der Waals surface area contributed by atoms with Crippen LogP contribution in [0.15, 0.2) is 70.6 Å². The topological polar surface area (TPSA) is 135 Å². The van der Waals surface area contributed by atoms with E-state index in [-0.39, 0.29) is 17.2 Å². The number of carbonyl (C=O) groups excluding carboxylic acids is 1. The van der Waals surface area contributed by atoms with Gasteiger partial charge in [0.25, 0.3) is 0 Å². The maximum atomic E-state index is 15.0. The molecule has 11 nitrogen and oxygen atoms in total. The van der Waals surface area contributed by atoms with Gasteiger partial charge in [0.1, 0.15) is 23.5 Å². The first-order chi connectivity index (χ1) is 18.2. The first-order valence-electron chi connectivity index (χ1n) is 11.3. The number of carbonyl (C=O) groups is 1. The third-order valence-electron chi connectivity index (χ3n) is 5.25. The van der Waals surface area contributed by atoms with E-state index >= 15 is 0 Å². The van der Waals surface area contributed by atoms with Crippen LogP contribution in [-0.4, -0.2) is 62.6 Å². The molecule has 4 aromatic rings. The van der Waals surface area contributed by atoms with E-state index in [1.807, 2.05) is 23.6 Å². The van der Waals surface area contributed by atoms with Crippen molar-refractivity contribution in [3.8, 4) is 28.8 Å². The number of aromatic nitrogens is 4. The van der Waals surface area contributed by atoms with Gasteiger partial charge in [0, 0.05) is 31.4 Å². The Hall–Kier alpha value is -4.36. The van der Waals surface area contributed by atoms with E-state index in [0.717, 1.165) is 17.6 Å². The fourth-order valence-corrected chi connectivity index (χ4v) is 3.73. The van der Waals surface area contributed by atoms with Gasteiger partial charge in [0.05, 0.1) is 16.4 Å². The minimum atomic E-state index is -0.913. The molecule has 0 aliphatic carbocycles. The van der Waals surface area contributed by atoms with Gasteiger partial charge in [0.15, 0.2) is 17.4 Å². The van der Waals surface area contributed by atoms with Gasteiger partial charge < -0.3 is 25.0 Å². The quantitative estimate of drug-likeness (QED) is 0.223. The molecule has 0 unspecified atom stereocenters. The number of phenolic OH excluding ortho intramolecular Hbond substituents is 1. The van der Waals surface area contributed by atoms with Gasteiger partial charge in [-0.2, -0.15) is 10.1 Å². The molecule has 0 saturated heterocycles. The number of benzene rings is 2. The lowest BCUT2D eigenvalue weighted by Gasteiger charge is -2.16. The van der Waals surface area contributed by atoms with E-state index in [2.05, 4.69) is 36.2 Å². The number of hydrogen-bond acceptors (Lipinski definition) is 8. The Morgan fingerprint density at radius 3 is 2.76 bits per heavy atom. The predicted octanol–water partition coefficient (Wildman–Crippen LogP) is 4.22. The summed E-state index contributed by atoms with van der Waals surface area (Å²) in [5.41, 5.74) is 6.65. The molecular weight excluding hydrogens is 559 g/mol. The summed E-state index contributed by atoms with van der Waals surface area (Å²) in [6.45, 7) is 1.46. The van der Waals surface area contributed by atoms with Crippen LogP contribution in [0, 0.1) is 5.82 Å². The van der Waals surface area contributed by atoms with Gasteiger partial charge in [0.2, 0.25) is 0 Å². The molecule has 0 aliphatic heterocycles. The summed E-state index contributed by atoms with van der Waals surface area (Å²) in [5, 5.41) is 22.7. The van der Waals surface area contributed by atoms with Crippen LogP contribution in [0.5, 0.6) is 17.2 Å². The lowest BCUT2D eigenvalue weighted by molar-refractivity contribution is 0.254. The Labute approximate surface area is 226 Å². The number of pyridine rings is 1. The number of hydrogen-bond donors (Lipinski definition) is 2. The number of primary amides is 1. The zero-order valence-corrected chi connectivity index (χ0v) is 22.1. The van der Waals surface area contributed by atoms with E-state index in [1.165, 1.54) is 30.6 Å². The van der Waals surface area contributed by atoms with Crippen molar-refractivity contribution in [1.29, 1.82) is 0 Å². The molecule has 0 bridgehead atoms. The van der Waals surface area contributed by atoms with Crippen molar-refractivity contribution in [2.24, 2.45) is 10.8 Å². The van der Waals surface area contributed by atoms with E-state index in [0.29, 0.717) is 33.8 Å². The first kappa shape index (κ1) is 26.7. The number of nitrogens with zero attached hydrogens (tertiary/aromatic N) is 7. The molecule has 2 amide bonds. The predicted molar refractivity (Wildman–Crippen MR) is 144 cm³/mol. The Balaban J connectivity index is 1.53. The molecule has 0 aliphatic rings. The smallest absolute Gasteiger partial charge is 0.340 e. The number of anilines is 1. The van der Waals surface area contributed by atoms with Crippen molar-refractivity contribution >= 4 is 33.9 Å². The molecule has 38 heavy (non-hydrogen) atoms. The number of ether oxygens (including phenoxy) is 1. The summed E-state index contributed by atoms with van der Waals surface area (Å²) < 4.78 is 23.1. The van der Waals surface area contributed by atoms with Crippen LogP contribution in [0.1, 0.15) is 5.56 Å². The number of nitrogens with two attached hydrogens (primary N) is 1. The van der Waals surface area contributed by atoms with Crippen molar-refractivity contribution in [3.05, 3.63) is 76.9 Å². The highest BCUT2D eigenvalue weighted by Crippen LogP contribution is 2.30. The van der Waals surface area contributed by atoms with E-state index < -0.39 is 11.8 Å². The van der Waals surface area contributed by atoms with Gasteiger partial charge in [-0.3, -0.25) is 4.98 Å². The molecule has 0 radical (unpaired) electrons. The first-order valence-corrected chi connectivity index (χ1v) is 12.1. The molecule has 0 spiro atoms. The molecule has 2 aromatic carbocycles. The Morgan fingerprint density at radius 2 is 2.05 bits per heavy atom. The maximum Gasteiger partial charge on any atom is 0.340 e. The van der Waals surface area contributed by atoms with E-state index in [4.69, 9.17) is 10.5 Å². The molecule has 0 atom stereocenters. The number of amides is 2. The number of rotatable bonds is 9. The molecular formula is C25H24BrFN8O3. The normalized spacial score (nSPS) is 11.3. The highest BCUT2D eigenvalue weighted by molar-refractivity contribution is 9.10. The van der Waals surface area contributed by atoms with Crippen LogP contribution >= 0.6 is 15.9 Å². The van der Waals surface area contributed by atoms with Crippen LogP contribution < -0.4 is 15.5 Å². The fourth-order valence-electron chi connectivity index (χ4n) is 3.33. The van der Waals surface area contributed by atoms with Crippen molar-refractivity contribution in [2.75, 3.05) is 25.6 Å². The third-order valence-corrected chi connectivity index (χ3v) is 5.89. The zero-order valence-electron chi connectivity index (χ0n) is 20.5. The standard InChI is InChI=1S/C25H24BrFN8O3/c1-33(2)9-10-34-15-30-32-24(34)21-13-18(7-8-29-21)38-23-6-4-17(12-20(23)27)35(25(28)37)31-14-16-3-5-22(36)19(26)11-16/h3-8,11-15,36H,9-10H2,1-2H3,(H2,28,37)/b31-14+. The van der Waals surface area contributed by atoms with Gasteiger partial charge in [-0.1, -0.05) is 0 Å². The molecule has 196 valence electrons. The minimum absolute atomic E-state index is 0.0547. The van der Waals surface area contributed by atoms with Crippen molar-refractivity contribution in [3.63, 3.8) is 0 Å². The number of likely N-dealkylation sites (N-methyl/N-ethyl adjacent to an activating group) is 1. The van der Waals surface area contributed by atoms with Crippen LogP contribution in [0.25, 0.3) is 11.5 Å². The second kappa shape index (κ2) is 11.8. The van der Waals surface area contributed by atoms with Crippen LogP contribution in [0.2, 0.25) is 0 Å². The number of halogens is 2. The Morgan fingerprint density at radius 1 is 1.24 bits per heavy atom. The minimum Gasteiger partial charge on any atom is -0.507 e. The van der Waals surface area contributed by atoms with Crippen LogP contribution in [-0.2, 0) is 6.54 Å². The molecule has 3 N–H and O–H groups in total. The van der Waals surface area contributed by atoms with Crippen molar-refractivity contribution in [1.82, 2.24) is 24.6 Å². The lowest BCUT2D eigenvalue weighted by atomic mass is 10.2. The summed E-state index contributed by atoms with van der Waals surface area (Å²) in [7, 11) is 3.95. The molecule has 0 saturated carbocycles. The highest BCUT2D eigenvalue weighted by Gasteiger charge is 2.16. The van der Waals surface area contributed by atoms with Gasteiger partial charge >= 0.3 is 6.03 Å². The Bertz CT molecular complexity index is 1480. The maximum absolute atomic E-state index is 15.0. The average molecular weight is 583 g/mol. The molecule has 13 heteroatoms. The van der Waals surface area contributed by atoms with Crippen molar-refractivity contribution in [2.45, 2.75) is 6.54 Å². The molecule has 4 rings (SSSR count). The van der Waals surface area contributed by atoms with E-state index in [9.17, 15) is 14.3 Å². The molecule has 0 fully saturated rings.